The molecule has 0 saturated heterocycles. The van der Waals surface area contributed by atoms with E-state index in [2.05, 4.69) is 15.9 Å². The van der Waals surface area contributed by atoms with E-state index in [4.69, 9.17) is 11.6 Å². The molecular formula is C10H10BrClFNO4S. The summed E-state index contributed by atoms with van der Waals surface area (Å²) in [6.07, 6.45) is 0. The quantitative estimate of drug-likeness (QED) is 0.343. The van der Waals surface area contributed by atoms with E-state index in [1.165, 1.54) is 0 Å². The zero-order chi connectivity index (χ0) is 14.8. The molecule has 0 spiro atoms. The van der Waals surface area contributed by atoms with Gasteiger partial charge < -0.3 is 0 Å². The van der Waals surface area contributed by atoms with Crippen LogP contribution in [0, 0.1) is 21.8 Å². The molecule has 0 aliphatic carbocycles. The van der Waals surface area contributed by atoms with Crippen molar-refractivity contribution in [3.63, 3.8) is 0 Å². The highest BCUT2D eigenvalue weighted by Crippen LogP contribution is 2.31. The third-order valence-corrected chi connectivity index (χ3v) is 5.44. The van der Waals surface area contributed by atoms with Crippen molar-refractivity contribution in [1.82, 2.24) is 0 Å². The Morgan fingerprint density at radius 1 is 1.53 bits per heavy atom. The molecule has 0 amide bonds. The first kappa shape index (κ1) is 16.3. The van der Waals surface area contributed by atoms with Gasteiger partial charge in [-0.15, -0.1) is 11.6 Å². The van der Waals surface area contributed by atoms with E-state index in [0.717, 1.165) is 6.07 Å². The van der Waals surface area contributed by atoms with Crippen molar-refractivity contribution in [2.45, 2.75) is 11.8 Å². The lowest BCUT2D eigenvalue weighted by Gasteiger charge is -2.09. The molecule has 0 aliphatic heterocycles. The highest BCUT2D eigenvalue weighted by molar-refractivity contribution is 9.10. The Hall–Kier alpha value is -0.730. The van der Waals surface area contributed by atoms with Crippen LogP contribution in [0.3, 0.4) is 0 Å². The monoisotopic (exact) mass is 373 g/mol. The second kappa shape index (κ2) is 6.15. The number of rotatable bonds is 5. The van der Waals surface area contributed by atoms with Crippen molar-refractivity contribution in [1.29, 1.82) is 0 Å². The van der Waals surface area contributed by atoms with Crippen LogP contribution in [0.15, 0.2) is 21.5 Å². The number of sulfone groups is 1. The molecule has 5 nitrogen and oxygen atoms in total. The molecule has 9 heteroatoms. The standard InChI is InChI=1S/C10H10BrClFNO4S/c1-6(4-12)5-19(17,18)10-2-7(11)8(13)3-9(10)14(15)16/h2-3,6H,4-5H2,1H3. The van der Waals surface area contributed by atoms with E-state index in [1.807, 2.05) is 0 Å². The predicted octanol–water partition coefficient (Wildman–Crippen LogP) is 3.15. The van der Waals surface area contributed by atoms with Gasteiger partial charge in [0, 0.05) is 5.88 Å². The van der Waals surface area contributed by atoms with Crippen LogP contribution in [0.2, 0.25) is 0 Å². The Morgan fingerprint density at radius 2 is 2.11 bits per heavy atom. The molecule has 0 bridgehead atoms. The normalized spacial score (nSPS) is 13.3. The summed E-state index contributed by atoms with van der Waals surface area (Å²) in [5.74, 6) is -1.49. The summed E-state index contributed by atoms with van der Waals surface area (Å²) >= 11 is 8.35. The first-order chi connectivity index (χ1) is 8.69. The van der Waals surface area contributed by atoms with Crippen LogP contribution >= 0.6 is 27.5 Å². The molecule has 1 aromatic rings. The summed E-state index contributed by atoms with van der Waals surface area (Å²) in [5, 5.41) is 10.8. The number of nitrogens with zero attached hydrogens (tertiary/aromatic N) is 1. The molecule has 1 atom stereocenters. The second-order valence-electron chi connectivity index (χ2n) is 4.03. The highest BCUT2D eigenvalue weighted by Gasteiger charge is 2.29. The van der Waals surface area contributed by atoms with E-state index >= 15 is 0 Å². The second-order valence-corrected chi connectivity index (χ2v) is 7.20. The molecule has 0 radical (unpaired) electrons. The summed E-state index contributed by atoms with van der Waals surface area (Å²) < 4.78 is 37.3. The molecule has 1 aromatic carbocycles. The van der Waals surface area contributed by atoms with Gasteiger partial charge in [-0.2, -0.15) is 0 Å². The Morgan fingerprint density at radius 3 is 2.58 bits per heavy atom. The molecule has 0 N–H and O–H groups in total. The van der Waals surface area contributed by atoms with Gasteiger partial charge in [-0.25, -0.2) is 12.8 Å². The van der Waals surface area contributed by atoms with E-state index in [9.17, 15) is 22.9 Å². The number of nitro benzene ring substituents is 1. The van der Waals surface area contributed by atoms with Gasteiger partial charge in [0.15, 0.2) is 9.84 Å². The summed E-state index contributed by atoms with van der Waals surface area (Å²) in [5.41, 5.74) is -0.775. The maximum atomic E-state index is 13.3. The van der Waals surface area contributed by atoms with Gasteiger partial charge in [0.2, 0.25) is 0 Å². The van der Waals surface area contributed by atoms with Crippen LogP contribution in [0.5, 0.6) is 0 Å². The highest BCUT2D eigenvalue weighted by atomic mass is 79.9. The van der Waals surface area contributed by atoms with Gasteiger partial charge in [0.05, 0.1) is 21.2 Å². The molecule has 0 fully saturated rings. The fourth-order valence-electron chi connectivity index (χ4n) is 1.42. The van der Waals surface area contributed by atoms with Gasteiger partial charge in [0.25, 0.3) is 5.69 Å². The number of halogens is 3. The number of alkyl halides is 1. The first-order valence-electron chi connectivity index (χ1n) is 5.11. The van der Waals surface area contributed by atoms with Crippen molar-refractivity contribution >= 4 is 43.1 Å². The topological polar surface area (TPSA) is 77.3 Å². The number of hydrogen-bond acceptors (Lipinski definition) is 4. The lowest BCUT2D eigenvalue weighted by molar-refractivity contribution is -0.388. The number of hydrogen-bond donors (Lipinski definition) is 0. The van der Waals surface area contributed by atoms with Crippen LogP contribution in [-0.4, -0.2) is 25.0 Å². The van der Waals surface area contributed by atoms with Crippen molar-refractivity contribution in [2.24, 2.45) is 5.92 Å². The van der Waals surface area contributed by atoms with Crippen LogP contribution in [0.1, 0.15) is 6.92 Å². The molecule has 1 unspecified atom stereocenters. The third kappa shape index (κ3) is 3.87. The van der Waals surface area contributed by atoms with E-state index < -0.39 is 31.2 Å². The maximum absolute atomic E-state index is 13.3. The fourth-order valence-corrected chi connectivity index (χ4v) is 3.95. The number of nitro groups is 1. The largest absolute Gasteiger partial charge is 0.290 e. The Balaban J connectivity index is 3.40. The molecule has 1 rings (SSSR count). The summed E-state index contributed by atoms with van der Waals surface area (Å²) in [7, 11) is -3.91. The van der Waals surface area contributed by atoms with Crippen molar-refractivity contribution in [3.8, 4) is 0 Å². The SMILES string of the molecule is CC(CCl)CS(=O)(=O)c1cc(Br)c(F)cc1[N+](=O)[O-]. The van der Waals surface area contributed by atoms with Gasteiger partial charge in [-0.3, -0.25) is 10.1 Å². The minimum absolute atomic E-state index is 0.107. The van der Waals surface area contributed by atoms with Crippen molar-refractivity contribution < 1.29 is 17.7 Å². The van der Waals surface area contributed by atoms with Crippen LogP contribution in [-0.2, 0) is 9.84 Å². The molecule has 0 heterocycles. The molecular weight excluding hydrogens is 365 g/mol. The lowest BCUT2D eigenvalue weighted by Crippen LogP contribution is -2.16. The minimum Gasteiger partial charge on any atom is -0.258 e. The fraction of sp³-hybridized carbons (Fsp3) is 0.400. The van der Waals surface area contributed by atoms with Gasteiger partial charge >= 0.3 is 0 Å². The average Bonchev–Trinajstić information content (AvgIpc) is 2.30. The molecule has 0 saturated carbocycles. The molecule has 0 aliphatic rings. The van der Waals surface area contributed by atoms with Gasteiger partial charge in [0.1, 0.15) is 10.7 Å². The van der Waals surface area contributed by atoms with E-state index in [-0.39, 0.29) is 22.0 Å². The molecule has 106 valence electrons. The molecule has 0 aromatic heterocycles. The summed E-state index contributed by atoms with van der Waals surface area (Å²) in [6, 6.07) is 1.49. The van der Waals surface area contributed by atoms with Crippen LogP contribution in [0.25, 0.3) is 0 Å². The maximum Gasteiger partial charge on any atom is 0.290 e. The summed E-state index contributed by atoms with van der Waals surface area (Å²) in [4.78, 5) is 9.39. The van der Waals surface area contributed by atoms with Gasteiger partial charge in [-0.1, -0.05) is 6.92 Å². The zero-order valence-electron chi connectivity index (χ0n) is 9.77. The predicted molar refractivity (Wildman–Crippen MR) is 72.7 cm³/mol. The lowest BCUT2D eigenvalue weighted by atomic mass is 10.3. The smallest absolute Gasteiger partial charge is 0.258 e. The van der Waals surface area contributed by atoms with E-state index in [0.29, 0.717) is 6.07 Å². The first-order valence-corrected chi connectivity index (χ1v) is 8.09. The van der Waals surface area contributed by atoms with Crippen molar-refractivity contribution in [2.75, 3.05) is 11.6 Å². The van der Waals surface area contributed by atoms with E-state index in [1.54, 1.807) is 6.92 Å². The van der Waals surface area contributed by atoms with Gasteiger partial charge in [-0.05, 0) is 27.9 Å². The van der Waals surface area contributed by atoms with Crippen molar-refractivity contribution in [3.05, 3.63) is 32.5 Å². The zero-order valence-corrected chi connectivity index (χ0v) is 12.9. The Kier molecular flexibility index (Phi) is 5.28. The molecule has 19 heavy (non-hydrogen) atoms. The van der Waals surface area contributed by atoms with Crippen LogP contribution in [0.4, 0.5) is 10.1 Å². The Labute approximate surface area is 123 Å². The third-order valence-electron chi connectivity index (χ3n) is 2.30. The Bertz CT molecular complexity index is 608. The van der Waals surface area contributed by atoms with Crippen LogP contribution < -0.4 is 0 Å². The number of benzene rings is 1. The summed E-state index contributed by atoms with van der Waals surface area (Å²) in [6.45, 7) is 1.61. The average molecular weight is 375 g/mol. The minimum atomic E-state index is -3.91.